The molecule has 0 amide bonds. The molecule has 2 atom stereocenters. The molecular formula is C44H88S2. The zero-order valence-electron chi connectivity index (χ0n) is 32.5. The van der Waals surface area contributed by atoms with Gasteiger partial charge < -0.3 is 0 Å². The van der Waals surface area contributed by atoms with E-state index in [1.807, 2.05) is 0 Å². The van der Waals surface area contributed by atoms with Crippen LogP contribution in [0.3, 0.4) is 0 Å². The molecular weight excluding hydrogens is 593 g/mol. The molecule has 1 fully saturated rings. The lowest BCUT2D eigenvalue weighted by Gasteiger charge is -2.40. The van der Waals surface area contributed by atoms with Gasteiger partial charge in [-0.1, -0.05) is 220 Å². The second-order valence-electron chi connectivity index (χ2n) is 15.6. The summed E-state index contributed by atoms with van der Waals surface area (Å²) in [6, 6.07) is 0. The summed E-state index contributed by atoms with van der Waals surface area (Å²) in [5, 5.41) is 0.948. The van der Waals surface area contributed by atoms with Crippen molar-refractivity contribution < 1.29 is 0 Å². The van der Waals surface area contributed by atoms with E-state index in [9.17, 15) is 0 Å². The molecule has 276 valence electrons. The first-order valence-electron chi connectivity index (χ1n) is 22.0. The molecule has 2 heteroatoms. The number of unbranched alkanes of at least 4 members (excludes halogenated alkanes) is 30. The summed E-state index contributed by atoms with van der Waals surface area (Å²) in [6.07, 6.45) is 54.5. The first-order valence-corrected chi connectivity index (χ1v) is 24.1. The van der Waals surface area contributed by atoms with Gasteiger partial charge in [0.25, 0.3) is 0 Å². The summed E-state index contributed by atoms with van der Waals surface area (Å²) >= 11 is 4.74. The molecule has 0 nitrogen and oxygen atoms in total. The van der Waals surface area contributed by atoms with Crippen LogP contribution in [-0.2, 0) is 0 Å². The fourth-order valence-electron chi connectivity index (χ4n) is 7.81. The molecule has 0 aromatic rings. The van der Waals surface area contributed by atoms with Crippen LogP contribution in [-0.4, -0.2) is 21.5 Å². The van der Waals surface area contributed by atoms with Crippen molar-refractivity contribution in [1.82, 2.24) is 0 Å². The summed E-state index contributed by atoms with van der Waals surface area (Å²) in [7, 11) is 0. The molecule has 0 aromatic heterocycles. The third-order valence-corrected chi connectivity index (χ3v) is 14.3. The Morgan fingerprint density at radius 2 is 0.739 bits per heavy atom. The van der Waals surface area contributed by atoms with E-state index in [4.69, 9.17) is 0 Å². The fraction of sp³-hybridized carbons (Fsp3) is 1.00. The summed E-state index contributed by atoms with van der Waals surface area (Å²) in [6.45, 7) is 7.12. The summed E-state index contributed by atoms with van der Waals surface area (Å²) in [4.78, 5) is 0. The zero-order chi connectivity index (χ0) is 33.1. The lowest BCUT2D eigenvalue weighted by Crippen LogP contribution is -2.33. The van der Waals surface area contributed by atoms with Gasteiger partial charge in [-0.3, -0.25) is 0 Å². The number of hydrogen-bond acceptors (Lipinski definition) is 2. The van der Waals surface area contributed by atoms with E-state index in [2.05, 4.69) is 44.3 Å². The topological polar surface area (TPSA) is 0 Å². The van der Waals surface area contributed by atoms with E-state index in [-0.39, 0.29) is 0 Å². The van der Waals surface area contributed by atoms with Gasteiger partial charge >= 0.3 is 0 Å². The van der Waals surface area contributed by atoms with Gasteiger partial charge in [0, 0.05) is 10.00 Å². The Kier molecular flexibility index (Phi) is 34.5. The molecule has 1 rings (SSSR count). The SMILES string of the molecule is CCCCCCCCCCCCCCCCCCSC1CCCC(CC)(SCCCCCCCCCCCCCCCCCC)C1. The first-order chi connectivity index (χ1) is 22.8. The minimum absolute atomic E-state index is 0.611. The van der Waals surface area contributed by atoms with Crippen molar-refractivity contribution in [3.05, 3.63) is 0 Å². The molecule has 0 bridgehead atoms. The van der Waals surface area contributed by atoms with Crippen LogP contribution in [0.2, 0.25) is 0 Å². The Balaban J connectivity index is 1.89. The van der Waals surface area contributed by atoms with Gasteiger partial charge in [-0.25, -0.2) is 0 Å². The molecule has 46 heavy (non-hydrogen) atoms. The largest absolute Gasteiger partial charge is 0.159 e. The minimum Gasteiger partial charge on any atom is -0.159 e. The summed E-state index contributed by atoms with van der Waals surface area (Å²) < 4.78 is 0.611. The van der Waals surface area contributed by atoms with Crippen LogP contribution in [0.25, 0.3) is 0 Å². The molecule has 1 aliphatic rings. The van der Waals surface area contributed by atoms with Crippen molar-refractivity contribution in [2.75, 3.05) is 11.5 Å². The zero-order valence-corrected chi connectivity index (χ0v) is 34.1. The highest BCUT2D eigenvalue weighted by Crippen LogP contribution is 2.46. The van der Waals surface area contributed by atoms with Gasteiger partial charge in [-0.2, -0.15) is 23.5 Å². The van der Waals surface area contributed by atoms with E-state index in [0.717, 1.165) is 5.25 Å². The average Bonchev–Trinajstić information content (AvgIpc) is 3.07. The third-order valence-electron chi connectivity index (χ3n) is 11.2. The predicted octanol–water partition coefficient (Wildman–Crippen LogP) is 17.1. The highest BCUT2D eigenvalue weighted by Gasteiger charge is 2.35. The van der Waals surface area contributed by atoms with Crippen LogP contribution in [0.5, 0.6) is 0 Å². The van der Waals surface area contributed by atoms with Crippen LogP contribution >= 0.6 is 23.5 Å². The van der Waals surface area contributed by atoms with Crippen molar-refractivity contribution >= 4 is 23.5 Å². The smallest absolute Gasteiger partial charge is 0.0168 e. The van der Waals surface area contributed by atoms with E-state index >= 15 is 0 Å². The summed E-state index contributed by atoms with van der Waals surface area (Å²) in [5.41, 5.74) is 0. The van der Waals surface area contributed by atoms with Gasteiger partial charge in [0.1, 0.15) is 0 Å². The number of rotatable bonds is 37. The van der Waals surface area contributed by atoms with E-state index in [0.29, 0.717) is 4.75 Å². The Bertz CT molecular complexity index is 576. The standard InChI is InChI=1S/C44H88S2/c1-4-7-9-11-13-15-17-19-21-23-25-27-29-31-33-35-40-45-43-38-37-39-44(6-3,42-43)46-41-36-34-32-30-28-26-24-22-20-18-16-14-12-10-8-5-2/h43H,4-42H2,1-3H3. The Hall–Kier alpha value is 0.700. The van der Waals surface area contributed by atoms with Crippen molar-refractivity contribution in [2.45, 2.75) is 268 Å². The minimum atomic E-state index is 0.611. The van der Waals surface area contributed by atoms with Gasteiger partial charge in [-0.15, -0.1) is 0 Å². The van der Waals surface area contributed by atoms with Crippen LogP contribution in [0.4, 0.5) is 0 Å². The second-order valence-corrected chi connectivity index (χ2v) is 18.6. The summed E-state index contributed by atoms with van der Waals surface area (Å²) in [5.74, 6) is 2.84. The lowest BCUT2D eigenvalue weighted by molar-refractivity contribution is 0.396. The van der Waals surface area contributed by atoms with Gasteiger partial charge in [0.15, 0.2) is 0 Å². The molecule has 1 aliphatic carbocycles. The predicted molar refractivity (Wildman–Crippen MR) is 219 cm³/mol. The lowest BCUT2D eigenvalue weighted by atomic mass is 9.86. The monoisotopic (exact) mass is 681 g/mol. The van der Waals surface area contributed by atoms with E-state index < -0.39 is 0 Å². The first kappa shape index (κ1) is 44.7. The number of thioether (sulfide) groups is 2. The molecule has 1 saturated carbocycles. The van der Waals surface area contributed by atoms with Gasteiger partial charge in [-0.05, 0) is 50.0 Å². The maximum Gasteiger partial charge on any atom is 0.0168 e. The Labute approximate surface area is 302 Å². The molecule has 0 saturated heterocycles. The van der Waals surface area contributed by atoms with E-state index in [1.54, 1.807) is 0 Å². The molecule has 0 aliphatic heterocycles. The Morgan fingerprint density at radius 3 is 1.09 bits per heavy atom. The highest BCUT2D eigenvalue weighted by atomic mass is 32.2. The van der Waals surface area contributed by atoms with Crippen LogP contribution < -0.4 is 0 Å². The van der Waals surface area contributed by atoms with Crippen molar-refractivity contribution in [3.8, 4) is 0 Å². The molecule has 0 aromatic carbocycles. The van der Waals surface area contributed by atoms with Gasteiger partial charge in [0.2, 0.25) is 0 Å². The maximum absolute atomic E-state index is 2.49. The third kappa shape index (κ3) is 28.5. The van der Waals surface area contributed by atoms with Crippen LogP contribution in [0, 0.1) is 0 Å². The van der Waals surface area contributed by atoms with Crippen molar-refractivity contribution in [1.29, 1.82) is 0 Å². The molecule has 2 unspecified atom stereocenters. The molecule has 0 N–H and O–H groups in total. The van der Waals surface area contributed by atoms with Crippen molar-refractivity contribution in [2.24, 2.45) is 0 Å². The average molecular weight is 681 g/mol. The van der Waals surface area contributed by atoms with Crippen molar-refractivity contribution in [3.63, 3.8) is 0 Å². The fourth-order valence-corrected chi connectivity index (χ4v) is 11.0. The van der Waals surface area contributed by atoms with Crippen LogP contribution in [0.1, 0.15) is 258 Å². The van der Waals surface area contributed by atoms with Crippen LogP contribution in [0.15, 0.2) is 0 Å². The molecule has 0 radical (unpaired) electrons. The normalized spacial score (nSPS) is 18.5. The molecule has 0 heterocycles. The maximum atomic E-state index is 2.49. The quantitative estimate of drug-likeness (QED) is 0.0599. The number of hydrogen-bond donors (Lipinski definition) is 0. The molecule has 0 spiro atoms. The Morgan fingerprint density at radius 1 is 0.413 bits per heavy atom. The van der Waals surface area contributed by atoms with E-state index in [1.165, 1.54) is 249 Å². The highest BCUT2D eigenvalue weighted by molar-refractivity contribution is 8.01. The van der Waals surface area contributed by atoms with Gasteiger partial charge in [0.05, 0.1) is 0 Å². The second kappa shape index (κ2) is 35.5.